The average Bonchev–Trinajstić information content (AvgIpc) is 2.13. The monoisotopic (exact) mass is 236 g/mol. The van der Waals surface area contributed by atoms with E-state index in [4.69, 9.17) is 4.99 Å². The van der Waals surface area contributed by atoms with Crippen molar-refractivity contribution in [3.8, 4) is 0 Å². The van der Waals surface area contributed by atoms with Crippen molar-refractivity contribution in [2.75, 3.05) is 0 Å². The number of aliphatic imine (C=N–C) groups is 1. The summed E-state index contributed by atoms with van der Waals surface area (Å²) in [5, 5.41) is 0.623. The van der Waals surface area contributed by atoms with Crippen LogP contribution in [0.5, 0.6) is 0 Å². The lowest BCUT2D eigenvalue weighted by Crippen LogP contribution is -2.49. The highest BCUT2D eigenvalue weighted by atomic mass is 32.2. The Balaban J connectivity index is 1.71. The van der Waals surface area contributed by atoms with Gasteiger partial charge in [0.25, 0.3) is 0 Å². The topological polar surface area (TPSA) is 12.4 Å². The van der Waals surface area contributed by atoms with E-state index in [-0.39, 0.29) is 0 Å². The van der Waals surface area contributed by atoms with E-state index in [0.29, 0.717) is 10.8 Å². The molecule has 16 heavy (non-hydrogen) atoms. The molecule has 1 nitrogen and oxygen atoms in total. The molecule has 1 radical (unpaired) electrons. The molecular weight excluding hydrogens is 214 g/mol. The van der Waals surface area contributed by atoms with Crippen LogP contribution in [0.1, 0.15) is 52.4 Å². The minimum Gasteiger partial charge on any atom is -0.269 e. The number of thioether (sulfide) groups is 1. The van der Waals surface area contributed by atoms with Crippen LogP contribution < -0.4 is 0 Å². The molecule has 0 aromatic heterocycles. The number of hydrogen-bond donors (Lipinski definition) is 0. The Morgan fingerprint density at radius 3 is 2.00 bits per heavy atom. The Morgan fingerprint density at radius 2 is 1.56 bits per heavy atom. The number of hydrogen-bond acceptors (Lipinski definition) is 2. The van der Waals surface area contributed by atoms with Crippen LogP contribution in [0.2, 0.25) is 0 Å². The van der Waals surface area contributed by atoms with Crippen molar-refractivity contribution in [2.24, 2.45) is 22.7 Å². The molecule has 0 aromatic carbocycles. The molecule has 0 N–H and O–H groups in total. The third kappa shape index (κ3) is 2.05. The maximum absolute atomic E-state index is 4.87. The zero-order valence-electron chi connectivity index (χ0n) is 10.4. The van der Waals surface area contributed by atoms with Crippen LogP contribution in [0, 0.1) is 17.8 Å². The van der Waals surface area contributed by atoms with Gasteiger partial charge in [-0.15, -0.1) is 11.8 Å². The Morgan fingerprint density at radius 1 is 1.06 bits per heavy atom. The summed E-state index contributed by atoms with van der Waals surface area (Å²) < 4.78 is 0. The molecule has 0 unspecified atom stereocenters. The fourth-order valence-electron chi connectivity index (χ4n) is 4.43. The Bertz CT molecular complexity index is 260. The number of rotatable bonds is 3. The largest absolute Gasteiger partial charge is 0.269 e. The van der Waals surface area contributed by atoms with Gasteiger partial charge in [-0.05, 0) is 56.3 Å². The van der Waals surface area contributed by atoms with E-state index in [2.05, 4.69) is 19.4 Å². The third-order valence-corrected chi connectivity index (χ3v) is 5.25. The minimum atomic E-state index is 0.330. The molecule has 0 heterocycles. The lowest BCUT2D eigenvalue weighted by Gasteiger charge is -2.54. The molecule has 0 spiro atoms. The number of nitrogens with zero attached hydrogens (tertiary/aromatic N) is 1. The average molecular weight is 236 g/mol. The zero-order chi connectivity index (χ0) is 11.2. The van der Waals surface area contributed by atoms with Gasteiger partial charge in [-0.3, -0.25) is 4.99 Å². The summed E-state index contributed by atoms with van der Waals surface area (Å²) >= 11 is 1.76. The van der Waals surface area contributed by atoms with Gasteiger partial charge in [0.15, 0.2) is 0 Å². The molecule has 0 saturated heterocycles. The maximum atomic E-state index is 4.87. The second-order valence-electron chi connectivity index (χ2n) is 6.51. The molecule has 4 aliphatic carbocycles. The van der Waals surface area contributed by atoms with Gasteiger partial charge in [0.1, 0.15) is 5.55 Å². The van der Waals surface area contributed by atoms with E-state index in [1.54, 1.807) is 11.8 Å². The summed E-state index contributed by atoms with van der Waals surface area (Å²) in [6.45, 7) is 4.43. The minimum absolute atomic E-state index is 0.330. The molecule has 4 fully saturated rings. The molecule has 4 rings (SSSR count). The van der Waals surface area contributed by atoms with E-state index in [1.807, 2.05) is 0 Å². The van der Waals surface area contributed by atoms with E-state index in [1.165, 1.54) is 38.5 Å². The molecular formula is C14H22NS. The lowest BCUT2D eigenvalue weighted by molar-refractivity contribution is 0.00205. The molecule has 0 aromatic rings. The third-order valence-electron chi connectivity index (χ3n) is 4.58. The van der Waals surface area contributed by atoms with Crippen molar-refractivity contribution in [3.05, 3.63) is 0 Å². The summed E-state index contributed by atoms with van der Waals surface area (Å²) in [7, 11) is 0. The van der Waals surface area contributed by atoms with Crippen molar-refractivity contribution < 1.29 is 0 Å². The Hall–Kier alpha value is 0.0200. The highest BCUT2D eigenvalue weighted by molar-refractivity contribution is 8.12. The zero-order valence-corrected chi connectivity index (χ0v) is 11.2. The van der Waals surface area contributed by atoms with Crippen LogP contribution in [0.15, 0.2) is 4.99 Å². The summed E-state index contributed by atoms with van der Waals surface area (Å²) in [4.78, 5) is 4.87. The summed E-state index contributed by atoms with van der Waals surface area (Å²) in [5.74, 6) is 3.00. The van der Waals surface area contributed by atoms with Gasteiger partial charge in [0, 0.05) is 5.25 Å². The molecule has 0 amide bonds. The second kappa shape index (κ2) is 4.04. The first-order valence-electron chi connectivity index (χ1n) is 6.78. The first-order chi connectivity index (χ1) is 7.65. The Kier molecular flexibility index (Phi) is 2.81. The first kappa shape index (κ1) is 11.1. The van der Waals surface area contributed by atoms with Crippen LogP contribution in [-0.2, 0) is 0 Å². The molecule has 0 atom stereocenters. The summed E-state index contributed by atoms with van der Waals surface area (Å²) in [6, 6.07) is 0. The summed E-state index contributed by atoms with van der Waals surface area (Å²) in [6.07, 6.45) is 8.62. The molecule has 4 saturated carbocycles. The smallest absolute Gasteiger partial charge is 0.123 e. The van der Waals surface area contributed by atoms with Gasteiger partial charge in [-0.1, -0.05) is 13.8 Å². The van der Waals surface area contributed by atoms with E-state index >= 15 is 0 Å². The van der Waals surface area contributed by atoms with Gasteiger partial charge in [0.05, 0.1) is 5.54 Å². The Labute approximate surface area is 103 Å². The fraction of sp³-hybridized carbons (Fsp3) is 0.929. The van der Waals surface area contributed by atoms with Crippen LogP contribution >= 0.6 is 11.8 Å². The first-order valence-corrected chi connectivity index (χ1v) is 7.66. The fourth-order valence-corrected chi connectivity index (χ4v) is 4.89. The van der Waals surface area contributed by atoms with Gasteiger partial charge >= 0.3 is 0 Å². The normalized spacial score (nSPS) is 46.1. The highest BCUT2D eigenvalue weighted by Gasteiger charge is 2.50. The van der Waals surface area contributed by atoms with Crippen LogP contribution in [-0.4, -0.2) is 16.3 Å². The van der Waals surface area contributed by atoms with E-state index in [0.717, 1.165) is 17.8 Å². The predicted octanol–water partition coefficient (Wildman–Crippen LogP) is 4.00. The van der Waals surface area contributed by atoms with E-state index < -0.39 is 0 Å². The molecule has 0 aliphatic heterocycles. The van der Waals surface area contributed by atoms with Gasteiger partial charge < -0.3 is 0 Å². The van der Waals surface area contributed by atoms with Crippen molar-refractivity contribution in [2.45, 2.75) is 63.2 Å². The molecule has 89 valence electrons. The molecule has 2 heteroatoms. The van der Waals surface area contributed by atoms with Gasteiger partial charge in [-0.25, -0.2) is 0 Å². The van der Waals surface area contributed by atoms with Crippen molar-refractivity contribution >= 4 is 17.3 Å². The SMILES string of the molecule is CC(C)S[C]=NC12CC3CC(CC(C3)C1)C2. The van der Waals surface area contributed by atoms with Crippen molar-refractivity contribution in [1.82, 2.24) is 0 Å². The molecule has 4 bridgehead atoms. The maximum Gasteiger partial charge on any atom is 0.123 e. The highest BCUT2D eigenvalue weighted by Crippen LogP contribution is 2.57. The van der Waals surface area contributed by atoms with Gasteiger partial charge in [-0.2, -0.15) is 0 Å². The van der Waals surface area contributed by atoms with Crippen molar-refractivity contribution in [3.63, 3.8) is 0 Å². The lowest BCUT2D eigenvalue weighted by atomic mass is 9.53. The van der Waals surface area contributed by atoms with Crippen LogP contribution in [0.4, 0.5) is 0 Å². The van der Waals surface area contributed by atoms with Crippen LogP contribution in [0.3, 0.4) is 0 Å². The predicted molar refractivity (Wildman–Crippen MR) is 71.1 cm³/mol. The summed E-state index contributed by atoms with van der Waals surface area (Å²) in [5.41, 5.74) is 3.61. The standard InChI is InChI=1S/C14H22NS/c1-10(2)16-9-15-14-6-11-3-12(7-14)5-13(4-11)8-14/h10-13H,3-8H2,1-2H3. The van der Waals surface area contributed by atoms with Gasteiger partial charge in [0.2, 0.25) is 0 Å². The quantitative estimate of drug-likeness (QED) is 0.533. The second-order valence-corrected chi connectivity index (χ2v) is 7.87. The van der Waals surface area contributed by atoms with Crippen LogP contribution in [0.25, 0.3) is 0 Å². The molecule has 4 aliphatic rings. The van der Waals surface area contributed by atoms with E-state index in [9.17, 15) is 0 Å². The van der Waals surface area contributed by atoms with Crippen molar-refractivity contribution in [1.29, 1.82) is 0 Å².